The van der Waals surface area contributed by atoms with Gasteiger partial charge < -0.3 is 28.2 Å². The Balaban J connectivity index is 0.000000239. The molecule has 1 N–H and O–H groups in total. The van der Waals surface area contributed by atoms with Crippen LogP contribution in [0, 0.1) is 25.9 Å². The molecule has 20 heteroatoms. The summed E-state index contributed by atoms with van der Waals surface area (Å²) in [6, 6.07) is 19.1. The SMILES string of the molecule is C[C@@H]1OC(=O)[C@@H]2[C@H]1[C@H](CO[Si](C)(C)C(C)(C)C)ON2Cc1cccc(I)c1O.Cc1ccc(COc2c(I)cccc2CN2O[C@@H](CO[Si](C)(C)C(C)(C)C)[C@H]3[C@H](C)OC(=O)[C@H]32)cc1.O=CC(F)(F)F. The Morgan fingerprint density at radius 2 is 1.11 bits per heavy atom. The molecular formula is C50H69F3I2N2O11Si2. The molecule has 8 atom stereocenters. The molecule has 388 valence electrons. The lowest BCUT2D eigenvalue weighted by Gasteiger charge is -2.37. The highest BCUT2D eigenvalue weighted by Crippen LogP contribution is 2.44. The molecule has 0 unspecified atom stereocenters. The minimum absolute atomic E-state index is 0.0676. The number of alkyl halides is 3. The lowest BCUT2D eigenvalue weighted by molar-refractivity contribution is -0.195. The topological polar surface area (TPSA) is 143 Å². The number of fused-ring (bicyclic) bond motifs is 2. The molecule has 0 saturated carbocycles. The number of esters is 2. The quantitative estimate of drug-likeness (QED) is 0.0751. The van der Waals surface area contributed by atoms with Gasteiger partial charge in [0.05, 0.1) is 45.3 Å². The third kappa shape index (κ3) is 14.3. The molecule has 13 nitrogen and oxygen atoms in total. The Morgan fingerprint density at radius 1 is 0.700 bits per heavy atom. The number of phenolic OH excluding ortho intramolecular Hbond substituents is 1. The number of para-hydroxylation sites is 2. The average molecular weight is 1240 g/mol. The number of benzene rings is 3. The molecule has 0 bridgehead atoms. The van der Waals surface area contributed by atoms with E-state index >= 15 is 0 Å². The standard InChI is InChI=1S/C28H38INO5Si.C20H30INO5Si.C2HF3O/c1-18-11-13-20(14-12-18)16-32-26-21(9-8-10-22(26)29)15-30-25-24(19(2)34-27(25)31)23(35-30)17-33-36(6,7)28(3,4)5;1-12-16-15(11-25-28(5,6)20(2,3)4)27-22(17(16)19(24)26-12)10-13-8-7-9-14(21)18(13)23;3-2(4,5)1-6/h8-14,19,23-25H,15-17H2,1-7H3;7-9,12,15-17,23H,10-11H2,1-6H3;1H/t19-,23-,24+,25-;12-,15-,16+,17-;/m00./s1. The van der Waals surface area contributed by atoms with E-state index in [1.807, 2.05) is 50.2 Å². The predicted octanol–water partition coefficient (Wildman–Crippen LogP) is 11.1. The normalized spacial score (nSPS) is 25.0. The number of rotatable bonds is 13. The Bertz CT molecular complexity index is 2290. The Kier molecular flexibility index (Phi) is 19.3. The van der Waals surface area contributed by atoms with Crippen molar-refractivity contribution in [1.82, 2.24) is 10.1 Å². The fraction of sp³-hybridized carbons (Fsp3) is 0.580. The Labute approximate surface area is 440 Å². The zero-order valence-corrected chi connectivity index (χ0v) is 48.6. The summed E-state index contributed by atoms with van der Waals surface area (Å²) in [5.74, 6) is 0.402. The first-order valence-electron chi connectivity index (χ1n) is 23.4. The minimum atomic E-state index is -4.64. The summed E-state index contributed by atoms with van der Waals surface area (Å²) in [6.07, 6.45) is -6.61. The molecular weight excluding hydrogens is 1170 g/mol. The lowest BCUT2D eigenvalue weighted by Crippen LogP contribution is -2.44. The molecule has 70 heavy (non-hydrogen) atoms. The molecule has 3 aromatic carbocycles. The van der Waals surface area contributed by atoms with Gasteiger partial charge in [-0.2, -0.15) is 23.3 Å². The fourth-order valence-electron chi connectivity index (χ4n) is 8.01. The van der Waals surface area contributed by atoms with Crippen LogP contribution >= 0.6 is 45.2 Å². The van der Waals surface area contributed by atoms with Crippen LogP contribution < -0.4 is 4.74 Å². The first-order valence-corrected chi connectivity index (χ1v) is 31.3. The smallest absolute Gasteiger partial charge is 0.446 e. The Hall–Kier alpha value is -2.69. The first kappa shape index (κ1) is 58.2. The third-order valence-corrected chi connectivity index (χ3v) is 24.9. The van der Waals surface area contributed by atoms with Gasteiger partial charge in [0, 0.05) is 11.1 Å². The van der Waals surface area contributed by atoms with Crippen LogP contribution in [0.4, 0.5) is 13.2 Å². The van der Waals surface area contributed by atoms with Gasteiger partial charge in [-0.15, -0.1) is 0 Å². The summed E-state index contributed by atoms with van der Waals surface area (Å²) < 4.78 is 63.4. The second-order valence-corrected chi connectivity index (χ2v) is 33.3. The molecule has 4 heterocycles. The van der Waals surface area contributed by atoms with Crippen LogP contribution in [-0.4, -0.2) is 106 Å². The van der Waals surface area contributed by atoms with Crippen molar-refractivity contribution < 1.29 is 65.4 Å². The number of carbonyl (C=O) groups excluding carboxylic acids is 3. The summed E-state index contributed by atoms with van der Waals surface area (Å²) in [5.41, 5.74) is 4.04. The highest BCUT2D eigenvalue weighted by molar-refractivity contribution is 14.1. The summed E-state index contributed by atoms with van der Waals surface area (Å²) in [7, 11) is -3.89. The molecule has 0 aliphatic carbocycles. The van der Waals surface area contributed by atoms with E-state index in [0.29, 0.717) is 32.9 Å². The highest BCUT2D eigenvalue weighted by Gasteiger charge is 2.58. The van der Waals surface area contributed by atoms with Gasteiger partial charge in [0.15, 0.2) is 16.6 Å². The minimum Gasteiger partial charge on any atom is -0.507 e. The molecule has 4 saturated heterocycles. The number of hydroxylamine groups is 4. The molecule has 0 aromatic heterocycles. The largest absolute Gasteiger partial charge is 0.507 e. The van der Waals surface area contributed by atoms with Crippen molar-refractivity contribution in [3.8, 4) is 11.5 Å². The second-order valence-electron chi connectivity index (χ2n) is 21.3. The number of hydrogen-bond donors (Lipinski definition) is 1. The van der Waals surface area contributed by atoms with E-state index in [0.717, 1.165) is 29.6 Å². The fourth-order valence-corrected chi connectivity index (χ4v) is 11.3. The molecule has 0 radical (unpaired) electrons. The van der Waals surface area contributed by atoms with Crippen molar-refractivity contribution in [3.05, 3.63) is 90.1 Å². The lowest BCUT2D eigenvalue weighted by atomic mass is 9.93. The van der Waals surface area contributed by atoms with E-state index in [2.05, 4.69) is 144 Å². The maximum absolute atomic E-state index is 12.9. The van der Waals surface area contributed by atoms with Gasteiger partial charge in [0.25, 0.3) is 0 Å². The number of carbonyl (C=O) groups is 3. The van der Waals surface area contributed by atoms with Gasteiger partial charge >= 0.3 is 18.1 Å². The number of cyclic esters (lactones) is 2. The van der Waals surface area contributed by atoms with Gasteiger partial charge in [0.1, 0.15) is 54.6 Å². The van der Waals surface area contributed by atoms with Crippen LogP contribution in [0.2, 0.25) is 36.3 Å². The van der Waals surface area contributed by atoms with Crippen molar-refractivity contribution in [1.29, 1.82) is 0 Å². The van der Waals surface area contributed by atoms with Crippen molar-refractivity contribution in [2.24, 2.45) is 11.8 Å². The summed E-state index contributed by atoms with van der Waals surface area (Å²) in [4.78, 5) is 46.7. The van der Waals surface area contributed by atoms with Crippen LogP contribution in [0.5, 0.6) is 11.5 Å². The van der Waals surface area contributed by atoms with Crippen molar-refractivity contribution in [2.45, 2.75) is 161 Å². The molecule has 7 rings (SSSR count). The number of phenols is 1. The molecule has 4 fully saturated rings. The molecule has 3 aromatic rings. The van der Waals surface area contributed by atoms with Gasteiger partial charge in [0.2, 0.25) is 6.29 Å². The van der Waals surface area contributed by atoms with E-state index in [-0.39, 0.29) is 64.0 Å². The number of hydrogen-bond acceptors (Lipinski definition) is 13. The third-order valence-electron chi connectivity index (χ3n) is 14.2. The van der Waals surface area contributed by atoms with Crippen LogP contribution in [0.25, 0.3) is 0 Å². The van der Waals surface area contributed by atoms with Crippen LogP contribution in [0.15, 0.2) is 60.7 Å². The van der Waals surface area contributed by atoms with Gasteiger partial charge in [-0.3, -0.25) is 24.1 Å². The van der Waals surface area contributed by atoms with Crippen LogP contribution in [0.1, 0.15) is 77.6 Å². The number of halogens is 5. The number of aromatic hydroxyl groups is 1. The first-order chi connectivity index (χ1) is 32.4. The highest BCUT2D eigenvalue weighted by atomic mass is 127. The van der Waals surface area contributed by atoms with E-state index < -0.39 is 41.2 Å². The number of ether oxygens (including phenoxy) is 3. The maximum atomic E-state index is 12.9. The molecule has 0 amide bonds. The average Bonchev–Trinajstić information content (AvgIpc) is 3.98. The van der Waals surface area contributed by atoms with E-state index in [9.17, 15) is 27.9 Å². The van der Waals surface area contributed by atoms with Gasteiger partial charge in [-0.25, -0.2) is 0 Å². The van der Waals surface area contributed by atoms with Crippen molar-refractivity contribution >= 4 is 80.0 Å². The monoisotopic (exact) mass is 1240 g/mol. The second kappa shape index (κ2) is 23.2. The zero-order chi connectivity index (χ0) is 52.3. The molecule has 0 spiro atoms. The van der Waals surface area contributed by atoms with Crippen molar-refractivity contribution in [2.75, 3.05) is 13.2 Å². The number of aryl methyl sites for hydroxylation is 1. The summed E-state index contributed by atoms with van der Waals surface area (Å²) >= 11 is 4.39. The predicted molar refractivity (Wildman–Crippen MR) is 280 cm³/mol. The maximum Gasteiger partial charge on any atom is 0.446 e. The Morgan fingerprint density at radius 3 is 1.54 bits per heavy atom. The summed E-state index contributed by atoms with van der Waals surface area (Å²) in [6.45, 7) is 30.2. The van der Waals surface area contributed by atoms with Gasteiger partial charge in [-0.1, -0.05) is 95.6 Å². The van der Waals surface area contributed by atoms with Gasteiger partial charge in [-0.05, 0) is 120 Å². The van der Waals surface area contributed by atoms with Crippen LogP contribution in [-0.2, 0) is 62.1 Å². The van der Waals surface area contributed by atoms with E-state index in [1.165, 1.54) is 5.56 Å². The zero-order valence-electron chi connectivity index (χ0n) is 42.3. The summed E-state index contributed by atoms with van der Waals surface area (Å²) in [5, 5.41) is 14.0. The van der Waals surface area contributed by atoms with Crippen molar-refractivity contribution in [3.63, 3.8) is 0 Å². The number of aldehydes is 1. The van der Waals surface area contributed by atoms with E-state index in [4.69, 9.17) is 37.5 Å². The molecule has 4 aliphatic heterocycles. The molecule has 4 aliphatic rings. The van der Waals surface area contributed by atoms with E-state index in [1.54, 1.807) is 10.1 Å². The van der Waals surface area contributed by atoms with Crippen LogP contribution in [0.3, 0.4) is 0 Å². The number of nitrogens with zero attached hydrogens (tertiary/aromatic N) is 2.